The van der Waals surface area contributed by atoms with Gasteiger partial charge in [0.1, 0.15) is 6.61 Å². The first-order valence-electron chi connectivity index (χ1n) is 20.8. The lowest BCUT2D eigenvalue weighted by molar-refractivity contribution is -0.161. The summed E-state index contributed by atoms with van der Waals surface area (Å²) in [6.45, 7) is 3.69. The molecular weight excluding hydrogens is 665 g/mol. The molecule has 0 saturated carbocycles. The minimum atomic E-state index is -4.38. The van der Waals surface area contributed by atoms with Gasteiger partial charge in [0.2, 0.25) is 0 Å². The van der Waals surface area contributed by atoms with Crippen LogP contribution in [0.15, 0.2) is 24.3 Å². The molecular formula is C41H78NO8P. The van der Waals surface area contributed by atoms with Crippen molar-refractivity contribution in [3.05, 3.63) is 24.3 Å². The van der Waals surface area contributed by atoms with E-state index in [9.17, 15) is 19.0 Å². The van der Waals surface area contributed by atoms with Crippen LogP contribution in [0.4, 0.5) is 0 Å². The smallest absolute Gasteiger partial charge is 0.462 e. The molecule has 51 heavy (non-hydrogen) atoms. The van der Waals surface area contributed by atoms with Gasteiger partial charge in [0.15, 0.2) is 6.10 Å². The zero-order chi connectivity index (χ0) is 37.5. The van der Waals surface area contributed by atoms with E-state index >= 15 is 0 Å². The maximum atomic E-state index is 12.5. The van der Waals surface area contributed by atoms with Gasteiger partial charge in [-0.15, -0.1) is 0 Å². The minimum Gasteiger partial charge on any atom is -0.462 e. The Morgan fingerprint density at radius 1 is 0.569 bits per heavy atom. The molecule has 0 aromatic heterocycles. The van der Waals surface area contributed by atoms with Crippen molar-refractivity contribution in [1.82, 2.24) is 0 Å². The van der Waals surface area contributed by atoms with Crippen LogP contribution in [0.3, 0.4) is 0 Å². The fourth-order valence-electron chi connectivity index (χ4n) is 5.69. The van der Waals surface area contributed by atoms with Crippen LogP contribution in [0.5, 0.6) is 0 Å². The van der Waals surface area contributed by atoms with Gasteiger partial charge in [-0.3, -0.25) is 18.6 Å². The second-order valence-electron chi connectivity index (χ2n) is 13.8. The van der Waals surface area contributed by atoms with Crippen LogP contribution in [-0.4, -0.2) is 49.3 Å². The number of unbranched alkanes of at least 4 members (excludes halogenated alkanes) is 22. The van der Waals surface area contributed by atoms with E-state index in [2.05, 4.69) is 38.2 Å². The number of hydrogen-bond donors (Lipinski definition) is 2. The molecule has 10 heteroatoms. The second-order valence-corrected chi connectivity index (χ2v) is 15.3. The molecule has 0 rings (SSSR count). The molecule has 3 N–H and O–H groups in total. The molecule has 300 valence electrons. The SMILES string of the molecule is CCCCCCCC/C=C\CCCC/C=C\CCCC(=O)O[C@H](COC(=O)CCCCCCCCCCCCCCC)COP(=O)(O)OCCN. The molecule has 0 aromatic rings. The summed E-state index contributed by atoms with van der Waals surface area (Å²) in [6, 6.07) is 0. The van der Waals surface area contributed by atoms with Crippen molar-refractivity contribution in [1.29, 1.82) is 0 Å². The lowest BCUT2D eigenvalue weighted by Crippen LogP contribution is -2.29. The molecule has 0 heterocycles. The van der Waals surface area contributed by atoms with Crippen LogP contribution in [0.25, 0.3) is 0 Å². The Morgan fingerprint density at radius 3 is 1.47 bits per heavy atom. The Hall–Kier alpha value is -1.51. The summed E-state index contributed by atoms with van der Waals surface area (Å²) in [5, 5.41) is 0. The molecule has 0 aromatic carbocycles. The molecule has 0 saturated heterocycles. The molecule has 0 aliphatic carbocycles. The number of hydrogen-bond acceptors (Lipinski definition) is 8. The maximum absolute atomic E-state index is 12.5. The summed E-state index contributed by atoms with van der Waals surface area (Å²) in [7, 11) is -4.38. The van der Waals surface area contributed by atoms with Gasteiger partial charge in [-0.05, 0) is 57.8 Å². The first kappa shape index (κ1) is 49.5. The van der Waals surface area contributed by atoms with E-state index in [4.69, 9.17) is 24.3 Å². The summed E-state index contributed by atoms with van der Waals surface area (Å²) >= 11 is 0. The van der Waals surface area contributed by atoms with Crippen molar-refractivity contribution in [2.75, 3.05) is 26.4 Å². The summed E-state index contributed by atoms with van der Waals surface area (Å²) < 4.78 is 32.7. The van der Waals surface area contributed by atoms with Crippen LogP contribution >= 0.6 is 7.82 Å². The Kier molecular flexibility index (Phi) is 37.1. The Bertz CT molecular complexity index is 897. The Morgan fingerprint density at radius 2 is 0.980 bits per heavy atom. The highest BCUT2D eigenvalue weighted by atomic mass is 31.2. The van der Waals surface area contributed by atoms with E-state index in [1.54, 1.807) is 0 Å². The highest BCUT2D eigenvalue weighted by molar-refractivity contribution is 7.47. The largest absolute Gasteiger partial charge is 0.472 e. The van der Waals surface area contributed by atoms with Crippen molar-refractivity contribution >= 4 is 19.8 Å². The number of allylic oxidation sites excluding steroid dienone is 4. The predicted molar refractivity (Wildman–Crippen MR) is 211 cm³/mol. The van der Waals surface area contributed by atoms with E-state index < -0.39 is 26.5 Å². The number of carbonyl (C=O) groups is 2. The van der Waals surface area contributed by atoms with Crippen molar-refractivity contribution in [2.45, 2.75) is 200 Å². The van der Waals surface area contributed by atoms with Crippen molar-refractivity contribution in [2.24, 2.45) is 5.73 Å². The van der Waals surface area contributed by atoms with Gasteiger partial charge in [-0.25, -0.2) is 4.57 Å². The number of ether oxygens (including phenoxy) is 2. The molecule has 0 amide bonds. The molecule has 0 bridgehead atoms. The van der Waals surface area contributed by atoms with E-state index in [-0.39, 0.29) is 38.6 Å². The van der Waals surface area contributed by atoms with Gasteiger partial charge in [-0.1, -0.05) is 147 Å². The third kappa shape index (κ3) is 38.0. The van der Waals surface area contributed by atoms with E-state index in [0.717, 1.165) is 44.9 Å². The van der Waals surface area contributed by atoms with Crippen LogP contribution < -0.4 is 5.73 Å². The quantitative estimate of drug-likeness (QED) is 0.0273. The fraction of sp³-hybridized carbons (Fsp3) is 0.854. The van der Waals surface area contributed by atoms with Crippen LogP contribution in [-0.2, 0) is 32.7 Å². The molecule has 0 aliphatic rings. The summed E-state index contributed by atoms with van der Waals surface area (Å²) in [5.41, 5.74) is 5.34. The number of rotatable bonds is 39. The third-order valence-corrected chi connectivity index (χ3v) is 9.79. The van der Waals surface area contributed by atoms with Crippen LogP contribution in [0.2, 0.25) is 0 Å². The fourth-order valence-corrected chi connectivity index (χ4v) is 6.46. The minimum absolute atomic E-state index is 0.0499. The zero-order valence-corrected chi connectivity index (χ0v) is 33.7. The summed E-state index contributed by atoms with van der Waals surface area (Å²) in [4.78, 5) is 34.8. The zero-order valence-electron chi connectivity index (χ0n) is 32.8. The number of carbonyl (C=O) groups excluding carboxylic acids is 2. The van der Waals surface area contributed by atoms with Crippen molar-refractivity contribution in [3.63, 3.8) is 0 Å². The lowest BCUT2D eigenvalue weighted by atomic mass is 10.0. The predicted octanol–water partition coefficient (Wildman–Crippen LogP) is 11.6. The van der Waals surface area contributed by atoms with Crippen LogP contribution in [0.1, 0.15) is 194 Å². The number of phosphoric ester groups is 1. The molecule has 9 nitrogen and oxygen atoms in total. The summed E-state index contributed by atoms with van der Waals surface area (Å²) in [6.07, 6.45) is 39.3. The van der Waals surface area contributed by atoms with Crippen LogP contribution in [0, 0.1) is 0 Å². The van der Waals surface area contributed by atoms with Gasteiger partial charge in [0, 0.05) is 19.4 Å². The van der Waals surface area contributed by atoms with Gasteiger partial charge < -0.3 is 20.1 Å². The topological polar surface area (TPSA) is 134 Å². The highest BCUT2D eigenvalue weighted by Crippen LogP contribution is 2.43. The molecule has 0 fully saturated rings. The van der Waals surface area contributed by atoms with Crippen molar-refractivity contribution in [3.8, 4) is 0 Å². The van der Waals surface area contributed by atoms with Gasteiger partial charge in [0.05, 0.1) is 13.2 Å². The number of nitrogens with two attached hydrogens (primary N) is 1. The van der Waals surface area contributed by atoms with Crippen molar-refractivity contribution < 1.29 is 37.6 Å². The van der Waals surface area contributed by atoms with Gasteiger partial charge >= 0.3 is 19.8 Å². The maximum Gasteiger partial charge on any atom is 0.472 e. The summed E-state index contributed by atoms with van der Waals surface area (Å²) in [5.74, 6) is -0.868. The monoisotopic (exact) mass is 744 g/mol. The molecule has 0 aliphatic heterocycles. The van der Waals surface area contributed by atoms with E-state index in [1.807, 2.05) is 0 Å². The number of phosphoric acid groups is 1. The Balaban J connectivity index is 4.21. The third-order valence-electron chi connectivity index (χ3n) is 8.81. The normalized spacial score (nSPS) is 13.6. The standard InChI is InChI=1S/C41H78NO8P/c1-3-5-7-9-11-13-15-17-18-19-20-22-24-26-28-30-32-34-41(44)50-39(38-49-51(45,46)48-36-35-42)37-47-40(43)33-31-29-27-25-23-21-16-14-12-10-8-6-4-2/h17-18,26,28,39H,3-16,19-25,27,29-38,42H2,1-2H3,(H,45,46)/b18-17-,28-26-/t39-/m1/s1. The second kappa shape index (κ2) is 38.2. The Labute approximate surface area is 312 Å². The molecule has 2 atom stereocenters. The molecule has 0 radical (unpaired) electrons. The highest BCUT2D eigenvalue weighted by Gasteiger charge is 2.25. The average Bonchev–Trinajstić information content (AvgIpc) is 3.11. The van der Waals surface area contributed by atoms with E-state index in [0.29, 0.717) is 6.42 Å². The number of esters is 2. The first-order chi connectivity index (χ1) is 24.8. The van der Waals surface area contributed by atoms with Gasteiger partial charge in [-0.2, -0.15) is 0 Å². The van der Waals surface area contributed by atoms with Gasteiger partial charge in [0.25, 0.3) is 0 Å². The molecule has 1 unspecified atom stereocenters. The van der Waals surface area contributed by atoms with E-state index in [1.165, 1.54) is 116 Å². The lowest BCUT2D eigenvalue weighted by Gasteiger charge is -2.19. The average molecular weight is 744 g/mol. The molecule has 0 spiro atoms. The first-order valence-corrected chi connectivity index (χ1v) is 22.3.